The SMILES string of the molecule is CC(C)(O)C(=O)N(c1sccc1C(N)=O)S(=O)(=O)c1ccc(Cl)cc1. The number of hydrogen-bond acceptors (Lipinski definition) is 6. The molecule has 0 bridgehead atoms. The molecule has 0 saturated carbocycles. The summed E-state index contributed by atoms with van der Waals surface area (Å²) < 4.78 is 26.4. The van der Waals surface area contributed by atoms with E-state index in [1.165, 1.54) is 35.7 Å². The van der Waals surface area contributed by atoms with Crippen molar-refractivity contribution in [2.75, 3.05) is 4.31 Å². The van der Waals surface area contributed by atoms with Crippen LogP contribution in [0, 0.1) is 0 Å². The fourth-order valence-corrected chi connectivity index (χ4v) is 4.72. The lowest BCUT2D eigenvalue weighted by Gasteiger charge is -2.27. The Bertz CT molecular complexity index is 914. The standard InChI is InChI=1S/C15H15ClN2O5S2/c1-15(2,21)14(20)18(13-11(12(17)19)7-8-24-13)25(22,23)10-5-3-9(16)4-6-10/h3-8,21H,1-2H3,(H2,17,19). The van der Waals surface area contributed by atoms with Gasteiger partial charge in [-0.05, 0) is 49.6 Å². The molecule has 0 unspecified atom stereocenters. The number of nitrogens with zero attached hydrogens (tertiary/aromatic N) is 1. The largest absolute Gasteiger partial charge is 0.381 e. The van der Waals surface area contributed by atoms with Crippen LogP contribution in [-0.2, 0) is 14.8 Å². The summed E-state index contributed by atoms with van der Waals surface area (Å²) in [6.07, 6.45) is 0. The normalized spacial score (nSPS) is 12.0. The molecular formula is C15H15ClN2O5S2. The number of rotatable bonds is 5. The number of anilines is 1. The Kier molecular flexibility index (Phi) is 5.24. The second-order valence-electron chi connectivity index (χ2n) is 5.59. The number of carbonyl (C=O) groups excluding carboxylic acids is 2. The first-order chi connectivity index (χ1) is 11.5. The molecule has 0 aliphatic heterocycles. The third-order valence-corrected chi connectivity index (χ3v) is 6.12. The molecule has 1 aromatic carbocycles. The minimum absolute atomic E-state index is 0.139. The number of primary amides is 1. The first-order valence-electron chi connectivity index (χ1n) is 6.91. The molecule has 3 N–H and O–H groups in total. The van der Waals surface area contributed by atoms with Gasteiger partial charge in [-0.1, -0.05) is 11.6 Å². The lowest BCUT2D eigenvalue weighted by atomic mass is 10.1. The molecule has 1 heterocycles. The maximum Gasteiger partial charge on any atom is 0.273 e. The molecule has 2 rings (SSSR count). The van der Waals surface area contributed by atoms with Gasteiger partial charge in [-0.25, -0.2) is 8.42 Å². The smallest absolute Gasteiger partial charge is 0.273 e. The van der Waals surface area contributed by atoms with Crippen LogP contribution in [0.2, 0.25) is 5.02 Å². The molecule has 134 valence electrons. The Morgan fingerprint density at radius 1 is 1.20 bits per heavy atom. The van der Waals surface area contributed by atoms with E-state index in [4.69, 9.17) is 17.3 Å². The zero-order chi connectivity index (χ0) is 19.0. The molecule has 1 aromatic heterocycles. The number of thiophene rings is 1. The number of sulfonamides is 1. The van der Waals surface area contributed by atoms with E-state index in [0.717, 1.165) is 25.2 Å². The van der Waals surface area contributed by atoms with Gasteiger partial charge in [0.25, 0.3) is 21.8 Å². The van der Waals surface area contributed by atoms with Crippen molar-refractivity contribution in [2.24, 2.45) is 5.73 Å². The monoisotopic (exact) mass is 402 g/mol. The van der Waals surface area contributed by atoms with Crippen molar-refractivity contribution in [1.82, 2.24) is 0 Å². The van der Waals surface area contributed by atoms with Gasteiger partial charge in [-0.15, -0.1) is 11.3 Å². The maximum atomic E-state index is 13.0. The van der Waals surface area contributed by atoms with Crippen LogP contribution in [0.3, 0.4) is 0 Å². The van der Waals surface area contributed by atoms with Gasteiger partial charge in [0.1, 0.15) is 10.6 Å². The Balaban J connectivity index is 2.71. The molecule has 2 amide bonds. The van der Waals surface area contributed by atoms with Crippen molar-refractivity contribution in [3.63, 3.8) is 0 Å². The average molecular weight is 403 g/mol. The highest BCUT2D eigenvalue weighted by molar-refractivity contribution is 7.93. The van der Waals surface area contributed by atoms with Gasteiger partial charge >= 0.3 is 0 Å². The van der Waals surface area contributed by atoms with Crippen LogP contribution in [0.25, 0.3) is 0 Å². The highest BCUT2D eigenvalue weighted by atomic mass is 35.5. The molecule has 0 radical (unpaired) electrons. The number of benzene rings is 1. The first-order valence-corrected chi connectivity index (χ1v) is 9.61. The van der Waals surface area contributed by atoms with E-state index in [-0.39, 0.29) is 15.5 Å². The van der Waals surface area contributed by atoms with E-state index in [0.29, 0.717) is 9.33 Å². The second kappa shape index (κ2) is 6.75. The lowest BCUT2D eigenvalue weighted by molar-refractivity contribution is -0.132. The quantitative estimate of drug-likeness (QED) is 0.792. The lowest BCUT2D eigenvalue weighted by Crippen LogP contribution is -2.48. The van der Waals surface area contributed by atoms with Gasteiger partial charge in [0.15, 0.2) is 0 Å². The predicted molar refractivity (Wildman–Crippen MR) is 95.3 cm³/mol. The molecule has 2 aromatic rings. The summed E-state index contributed by atoms with van der Waals surface area (Å²) in [5.74, 6) is -2.01. The van der Waals surface area contributed by atoms with Crippen molar-refractivity contribution in [2.45, 2.75) is 24.3 Å². The van der Waals surface area contributed by atoms with Crippen molar-refractivity contribution >= 4 is 49.8 Å². The molecule has 25 heavy (non-hydrogen) atoms. The number of nitrogens with two attached hydrogens (primary N) is 1. The Morgan fingerprint density at radius 2 is 1.76 bits per heavy atom. The topological polar surface area (TPSA) is 118 Å². The molecule has 0 saturated heterocycles. The maximum absolute atomic E-state index is 13.0. The molecule has 0 spiro atoms. The van der Waals surface area contributed by atoms with Gasteiger partial charge < -0.3 is 10.8 Å². The van der Waals surface area contributed by atoms with Crippen molar-refractivity contribution < 1.29 is 23.1 Å². The molecule has 10 heteroatoms. The first kappa shape index (κ1) is 19.4. The van der Waals surface area contributed by atoms with Gasteiger partial charge in [0, 0.05) is 5.02 Å². The van der Waals surface area contributed by atoms with E-state index in [1.807, 2.05) is 0 Å². The van der Waals surface area contributed by atoms with Gasteiger partial charge in [0.05, 0.1) is 10.5 Å². The van der Waals surface area contributed by atoms with Crippen LogP contribution in [0.5, 0.6) is 0 Å². The fourth-order valence-electron chi connectivity index (χ4n) is 1.92. The molecule has 0 aliphatic rings. The minimum atomic E-state index is -4.41. The number of carbonyl (C=O) groups is 2. The predicted octanol–water partition coefficient (Wildman–Crippen LogP) is 1.99. The van der Waals surface area contributed by atoms with Crippen molar-refractivity contribution in [3.05, 3.63) is 46.3 Å². The van der Waals surface area contributed by atoms with E-state index in [1.54, 1.807) is 0 Å². The number of halogens is 1. The van der Waals surface area contributed by atoms with E-state index < -0.39 is 27.4 Å². The molecule has 7 nitrogen and oxygen atoms in total. The third-order valence-electron chi connectivity index (χ3n) is 3.15. The fraction of sp³-hybridized carbons (Fsp3) is 0.200. The summed E-state index contributed by atoms with van der Waals surface area (Å²) in [6.45, 7) is 2.30. The van der Waals surface area contributed by atoms with E-state index in [9.17, 15) is 23.1 Å². The Labute approximate surface area is 153 Å². The zero-order valence-electron chi connectivity index (χ0n) is 13.3. The summed E-state index contributed by atoms with van der Waals surface area (Å²) in [6, 6.07) is 6.46. The summed E-state index contributed by atoms with van der Waals surface area (Å²) in [7, 11) is -4.41. The Morgan fingerprint density at radius 3 is 2.24 bits per heavy atom. The van der Waals surface area contributed by atoms with Crippen LogP contribution in [0.1, 0.15) is 24.2 Å². The van der Waals surface area contributed by atoms with Crippen LogP contribution in [0.15, 0.2) is 40.6 Å². The highest BCUT2D eigenvalue weighted by Gasteiger charge is 2.41. The van der Waals surface area contributed by atoms with Gasteiger partial charge in [-0.2, -0.15) is 4.31 Å². The number of aliphatic hydroxyl groups is 1. The number of amides is 2. The molecular weight excluding hydrogens is 388 g/mol. The zero-order valence-corrected chi connectivity index (χ0v) is 15.7. The highest BCUT2D eigenvalue weighted by Crippen LogP contribution is 2.34. The van der Waals surface area contributed by atoms with Gasteiger partial charge in [0.2, 0.25) is 0 Å². The van der Waals surface area contributed by atoms with Crippen LogP contribution in [0.4, 0.5) is 5.00 Å². The van der Waals surface area contributed by atoms with Crippen LogP contribution < -0.4 is 10.0 Å². The van der Waals surface area contributed by atoms with Crippen LogP contribution in [-0.4, -0.2) is 30.9 Å². The summed E-state index contributed by atoms with van der Waals surface area (Å²) in [5, 5.41) is 11.6. The third kappa shape index (κ3) is 3.84. The molecule has 0 fully saturated rings. The second-order valence-corrected chi connectivity index (χ2v) is 8.71. The van der Waals surface area contributed by atoms with E-state index in [2.05, 4.69) is 0 Å². The van der Waals surface area contributed by atoms with E-state index >= 15 is 0 Å². The van der Waals surface area contributed by atoms with Crippen molar-refractivity contribution in [1.29, 1.82) is 0 Å². The Hall–Kier alpha value is -1.94. The van der Waals surface area contributed by atoms with Crippen LogP contribution >= 0.6 is 22.9 Å². The summed E-state index contributed by atoms with van der Waals surface area (Å²) in [5.41, 5.74) is 3.12. The van der Waals surface area contributed by atoms with Gasteiger partial charge in [-0.3, -0.25) is 9.59 Å². The summed E-state index contributed by atoms with van der Waals surface area (Å²) >= 11 is 6.61. The molecule has 0 aliphatic carbocycles. The average Bonchev–Trinajstić information content (AvgIpc) is 2.96. The van der Waals surface area contributed by atoms with Crippen molar-refractivity contribution in [3.8, 4) is 0 Å². The minimum Gasteiger partial charge on any atom is -0.381 e. The molecule has 0 atom stereocenters. The summed E-state index contributed by atoms with van der Waals surface area (Å²) in [4.78, 5) is 24.0. The number of hydrogen-bond donors (Lipinski definition) is 2.